The van der Waals surface area contributed by atoms with Crippen LogP contribution in [0.25, 0.3) is 72.9 Å². The van der Waals surface area contributed by atoms with Crippen LogP contribution in [0.3, 0.4) is 0 Å². The van der Waals surface area contributed by atoms with Gasteiger partial charge in [-0.05, 0) is 116 Å². The van der Waals surface area contributed by atoms with Crippen LogP contribution in [0.2, 0.25) is 0 Å². The lowest BCUT2D eigenvalue weighted by molar-refractivity contribution is 0.794. The van der Waals surface area contributed by atoms with E-state index in [-0.39, 0.29) is 5.92 Å². The minimum atomic E-state index is 0.208. The van der Waals surface area contributed by atoms with Crippen molar-refractivity contribution in [3.8, 4) is 67.3 Å². The van der Waals surface area contributed by atoms with Gasteiger partial charge in [0.05, 0.1) is 0 Å². The summed E-state index contributed by atoms with van der Waals surface area (Å²) in [6.07, 6.45) is 9.69. The molecule has 3 heteroatoms. The van der Waals surface area contributed by atoms with Gasteiger partial charge < -0.3 is 0 Å². The number of aryl methyl sites for hydroxylation is 1. The average Bonchev–Trinajstić information content (AvgIpc) is 4.17. The second-order valence-electron chi connectivity index (χ2n) is 17.9. The molecule has 0 saturated heterocycles. The van der Waals surface area contributed by atoms with Gasteiger partial charge in [0.15, 0.2) is 17.5 Å². The third kappa shape index (κ3) is 7.43. The Hall–Kier alpha value is -7.75. The maximum absolute atomic E-state index is 5.12. The second kappa shape index (κ2) is 16.4. The normalized spacial score (nSPS) is 16.8. The van der Waals surface area contributed by atoms with Crippen LogP contribution in [0.5, 0.6) is 0 Å². The molecule has 3 aliphatic rings. The van der Waals surface area contributed by atoms with Crippen molar-refractivity contribution >= 4 is 5.57 Å². The molecule has 0 amide bonds. The van der Waals surface area contributed by atoms with E-state index in [1.807, 2.05) is 18.2 Å². The monoisotopic (exact) mass is 833 g/mol. The van der Waals surface area contributed by atoms with Crippen molar-refractivity contribution in [2.75, 3.05) is 0 Å². The lowest BCUT2D eigenvalue weighted by atomic mass is 9.73. The summed E-state index contributed by atoms with van der Waals surface area (Å²) in [4.78, 5) is 15.2. The first-order chi connectivity index (χ1) is 32.1. The Bertz CT molecular complexity index is 3310. The number of rotatable bonds is 9. The van der Waals surface area contributed by atoms with Crippen LogP contribution >= 0.6 is 0 Å². The molecular formula is C62H47N3. The van der Waals surface area contributed by atoms with Crippen LogP contribution < -0.4 is 0 Å². The molecule has 3 unspecified atom stereocenters. The highest BCUT2D eigenvalue weighted by atomic mass is 15.0. The Balaban J connectivity index is 0.881. The van der Waals surface area contributed by atoms with Crippen LogP contribution in [-0.4, -0.2) is 15.0 Å². The summed E-state index contributed by atoms with van der Waals surface area (Å²) < 4.78 is 0. The van der Waals surface area contributed by atoms with Gasteiger partial charge in [0, 0.05) is 22.6 Å². The Morgan fingerprint density at radius 3 is 1.94 bits per heavy atom. The Morgan fingerprint density at radius 2 is 1.12 bits per heavy atom. The molecule has 0 aliphatic heterocycles. The third-order valence-corrected chi connectivity index (χ3v) is 13.8. The molecule has 9 aromatic rings. The quantitative estimate of drug-likeness (QED) is 0.145. The molecule has 0 radical (unpaired) electrons. The molecule has 3 nitrogen and oxygen atoms in total. The van der Waals surface area contributed by atoms with E-state index in [9.17, 15) is 0 Å². The van der Waals surface area contributed by atoms with Crippen LogP contribution in [0.15, 0.2) is 212 Å². The molecule has 1 saturated carbocycles. The van der Waals surface area contributed by atoms with Gasteiger partial charge in [-0.25, -0.2) is 15.0 Å². The van der Waals surface area contributed by atoms with Crippen molar-refractivity contribution in [3.05, 3.63) is 252 Å². The van der Waals surface area contributed by atoms with Crippen molar-refractivity contribution in [2.45, 2.75) is 32.1 Å². The van der Waals surface area contributed by atoms with Crippen LogP contribution in [-0.2, 0) is 12.8 Å². The molecule has 1 fully saturated rings. The predicted octanol–water partition coefficient (Wildman–Crippen LogP) is 15.1. The van der Waals surface area contributed by atoms with Crippen molar-refractivity contribution in [2.24, 2.45) is 11.8 Å². The van der Waals surface area contributed by atoms with Crippen LogP contribution in [0.4, 0.5) is 0 Å². The Kier molecular flexibility index (Phi) is 9.83. The Labute approximate surface area is 381 Å². The van der Waals surface area contributed by atoms with E-state index < -0.39 is 0 Å². The molecule has 1 aromatic heterocycles. The fraction of sp³-hybridized carbons (Fsp3) is 0.113. The molecule has 3 aliphatic carbocycles. The minimum Gasteiger partial charge on any atom is -0.209 e. The van der Waals surface area contributed by atoms with Crippen LogP contribution in [0, 0.1) is 18.8 Å². The summed E-state index contributed by atoms with van der Waals surface area (Å²) in [5, 5.41) is 0. The summed E-state index contributed by atoms with van der Waals surface area (Å²) in [5.41, 5.74) is 21.3. The highest BCUT2D eigenvalue weighted by Gasteiger charge is 2.41. The predicted molar refractivity (Wildman–Crippen MR) is 267 cm³/mol. The van der Waals surface area contributed by atoms with Gasteiger partial charge >= 0.3 is 0 Å². The zero-order valence-electron chi connectivity index (χ0n) is 36.4. The Morgan fingerprint density at radius 1 is 0.492 bits per heavy atom. The summed E-state index contributed by atoms with van der Waals surface area (Å²) in [6, 6.07) is 70.9. The third-order valence-electron chi connectivity index (χ3n) is 13.8. The lowest BCUT2D eigenvalue weighted by Crippen LogP contribution is -2.13. The molecule has 0 spiro atoms. The van der Waals surface area contributed by atoms with E-state index in [4.69, 9.17) is 15.0 Å². The first-order valence-corrected chi connectivity index (χ1v) is 23.0. The lowest BCUT2D eigenvalue weighted by Gasteiger charge is -2.30. The highest BCUT2D eigenvalue weighted by Crippen LogP contribution is 2.51. The molecule has 8 aromatic carbocycles. The molecule has 12 rings (SSSR count). The molecule has 0 N–H and O–H groups in total. The first kappa shape index (κ1) is 38.9. The average molecular weight is 834 g/mol. The van der Waals surface area contributed by atoms with Crippen LogP contribution in [0.1, 0.15) is 51.5 Å². The summed E-state index contributed by atoms with van der Waals surface area (Å²) >= 11 is 0. The van der Waals surface area contributed by atoms with Crippen molar-refractivity contribution in [1.29, 1.82) is 0 Å². The van der Waals surface area contributed by atoms with E-state index in [0.717, 1.165) is 36.2 Å². The summed E-state index contributed by atoms with van der Waals surface area (Å²) in [7, 11) is 0. The van der Waals surface area contributed by atoms with Gasteiger partial charge in [0.25, 0.3) is 0 Å². The van der Waals surface area contributed by atoms with Gasteiger partial charge in [-0.2, -0.15) is 0 Å². The van der Waals surface area contributed by atoms with Gasteiger partial charge in [-0.3, -0.25) is 0 Å². The van der Waals surface area contributed by atoms with E-state index in [2.05, 4.69) is 201 Å². The number of aromatic nitrogens is 3. The van der Waals surface area contributed by atoms with Crippen molar-refractivity contribution < 1.29 is 0 Å². The topological polar surface area (TPSA) is 38.7 Å². The van der Waals surface area contributed by atoms with Gasteiger partial charge in [-0.1, -0.05) is 212 Å². The van der Waals surface area contributed by atoms with Gasteiger partial charge in [-0.15, -0.1) is 0 Å². The first-order valence-electron chi connectivity index (χ1n) is 23.0. The molecule has 310 valence electrons. The summed E-state index contributed by atoms with van der Waals surface area (Å²) in [5.74, 6) is 3.49. The standard InChI is InChI=1S/C62H47N3/c1-40-35-46(33-34-51(40)52-24-10-8-19-47(52)36-41-15-4-2-5-16-41)45-21-12-22-48(37-45)57-38-49-20-9-11-25-54(49)59-53(26-14-27-55(57)59)42-29-31-44(32-30-42)61-63-60(43-17-6-3-7-18-43)64-62(65-61)56-28-13-23-50-39-58(50)56/h2-35,37,50,57-58H,36,38-39H2,1H3. The fourth-order valence-electron chi connectivity index (χ4n) is 10.4. The number of benzene rings is 8. The number of fused-ring (bicyclic) bond motifs is 4. The largest absolute Gasteiger partial charge is 0.209 e. The fourth-order valence-corrected chi connectivity index (χ4v) is 10.4. The van der Waals surface area contributed by atoms with Crippen molar-refractivity contribution in [3.63, 3.8) is 0 Å². The van der Waals surface area contributed by atoms with E-state index >= 15 is 0 Å². The molecule has 65 heavy (non-hydrogen) atoms. The minimum absolute atomic E-state index is 0.208. The van der Waals surface area contributed by atoms with E-state index in [0.29, 0.717) is 23.5 Å². The van der Waals surface area contributed by atoms with E-state index in [1.54, 1.807) is 0 Å². The molecular weight excluding hydrogens is 787 g/mol. The molecule has 1 heterocycles. The number of allylic oxidation sites excluding steroid dienone is 4. The van der Waals surface area contributed by atoms with Gasteiger partial charge in [0.2, 0.25) is 0 Å². The van der Waals surface area contributed by atoms with Crippen molar-refractivity contribution in [1.82, 2.24) is 15.0 Å². The SMILES string of the molecule is Cc1cc(-c2cccc(C3Cc4ccccc4-c4c(-c5ccc(-c6nc(C7=CC=CC8CC78)nc(-c7ccccc7)n6)cc5)cccc43)c2)ccc1-c1ccccc1Cc1ccccc1. The number of nitrogens with zero attached hydrogens (tertiary/aromatic N) is 3. The molecule has 0 bridgehead atoms. The smallest absolute Gasteiger partial charge is 0.164 e. The maximum Gasteiger partial charge on any atom is 0.164 e. The summed E-state index contributed by atoms with van der Waals surface area (Å²) in [6.45, 7) is 2.25. The second-order valence-corrected chi connectivity index (χ2v) is 17.9. The number of hydrogen-bond acceptors (Lipinski definition) is 3. The zero-order valence-corrected chi connectivity index (χ0v) is 36.4. The van der Waals surface area contributed by atoms with Gasteiger partial charge in [0.1, 0.15) is 0 Å². The maximum atomic E-state index is 5.12. The van der Waals surface area contributed by atoms with E-state index in [1.165, 1.54) is 83.5 Å². The zero-order chi connectivity index (χ0) is 43.3. The number of hydrogen-bond donors (Lipinski definition) is 0. The molecule has 3 atom stereocenters. The highest BCUT2D eigenvalue weighted by molar-refractivity contribution is 5.90.